The molecule has 2 bridgehead atoms. The van der Waals surface area contributed by atoms with Gasteiger partial charge in [-0.1, -0.05) is 22.0 Å². The standard InChI is InChI=1S/C14H14BrFO2/c15-12-6-9(16)2-1-8(12)5-13(17)11-7-10-3-4-14(11)18-10/h1-2,6,10-11,14H,3-5,7H2. The maximum absolute atomic E-state index is 13.0. The summed E-state index contributed by atoms with van der Waals surface area (Å²) in [5.74, 6) is -0.0310. The highest BCUT2D eigenvalue weighted by Crippen LogP contribution is 2.39. The Hall–Kier alpha value is -0.740. The molecule has 2 aliphatic heterocycles. The van der Waals surface area contributed by atoms with Crippen molar-refractivity contribution in [3.8, 4) is 0 Å². The molecule has 0 spiro atoms. The van der Waals surface area contributed by atoms with Gasteiger partial charge in [0.2, 0.25) is 0 Å². The number of ether oxygens (including phenoxy) is 1. The van der Waals surface area contributed by atoms with Crippen LogP contribution >= 0.6 is 15.9 Å². The number of hydrogen-bond acceptors (Lipinski definition) is 2. The molecule has 2 saturated heterocycles. The fourth-order valence-corrected chi connectivity index (χ4v) is 3.45. The lowest BCUT2D eigenvalue weighted by Crippen LogP contribution is -2.26. The van der Waals surface area contributed by atoms with Crippen molar-refractivity contribution in [2.75, 3.05) is 0 Å². The Morgan fingerprint density at radius 3 is 2.89 bits per heavy atom. The molecular formula is C14H14BrFO2. The van der Waals surface area contributed by atoms with Crippen LogP contribution in [0.2, 0.25) is 0 Å². The van der Waals surface area contributed by atoms with Crippen LogP contribution in [-0.4, -0.2) is 18.0 Å². The monoisotopic (exact) mass is 312 g/mol. The Labute approximate surface area is 114 Å². The molecule has 2 nitrogen and oxygen atoms in total. The average Bonchev–Trinajstić information content (AvgIpc) is 2.94. The van der Waals surface area contributed by atoms with E-state index < -0.39 is 0 Å². The smallest absolute Gasteiger partial charge is 0.143 e. The number of benzene rings is 1. The third-order valence-corrected chi connectivity index (χ3v) is 4.64. The topological polar surface area (TPSA) is 26.3 Å². The number of carbonyl (C=O) groups is 1. The van der Waals surface area contributed by atoms with Crippen molar-refractivity contribution >= 4 is 21.7 Å². The Balaban J connectivity index is 1.71. The summed E-state index contributed by atoms with van der Waals surface area (Å²) < 4.78 is 19.3. The highest BCUT2D eigenvalue weighted by Gasteiger charge is 2.43. The van der Waals surface area contributed by atoms with Gasteiger partial charge in [-0.05, 0) is 37.0 Å². The number of rotatable bonds is 3. The van der Waals surface area contributed by atoms with Crippen LogP contribution in [-0.2, 0) is 16.0 Å². The molecule has 4 heteroatoms. The molecule has 2 aliphatic rings. The van der Waals surface area contributed by atoms with E-state index in [9.17, 15) is 9.18 Å². The minimum Gasteiger partial charge on any atom is -0.374 e. The molecule has 0 radical (unpaired) electrons. The second-order valence-electron chi connectivity index (χ2n) is 5.09. The largest absolute Gasteiger partial charge is 0.374 e. The van der Waals surface area contributed by atoms with E-state index in [-0.39, 0.29) is 23.6 Å². The van der Waals surface area contributed by atoms with E-state index in [0.717, 1.165) is 24.8 Å². The van der Waals surface area contributed by atoms with E-state index >= 15 is 0 Å². The van der Waals surface area contributed by atoms with Gasteiger partial charge in [0.1, 0.15) is 11.6 Å². The van der Waals surface area contributed by atoms with Gasteiger partial charge in [0.05, 0.1) is 12.2 Å². The normalized spacial score (nSPS) is 29.8. The predicted molar refractivity (Wildman–Crippen MR) is 68.8 cm³/mol. The number of halogens is 2. The molecular weight excluding hydrogens is 299 g/mol. The van der Waals surface area contributed by atoms with Crippen molar-refractivity contribution in [3.05, 3.63) is 34.1 Å². The first-order chi connectivity index (χ1) is 8.63. The second kappa shape index (κ2) is 4.74. The lowest BCUT2D eigenvalue weighted by molar-refractivity contribution is -0.123. The molecule has 3 rings (SSSR count). The zero-order valence-corrected chi connectivity index (χ0v) is 11.5. The third kappa shape index (κ3) is 2.24. The van der Waals surface area contributed by atoms with Crippen LogP contribution in [0.15, 0.2) is 22.7 Å². The molecule has 0 aliphatic carbocycles. The maximum Gasteiger partial charge on any atom is 0.143 e. The molecule has 3 atom stereocenters. The molecule has 1 aromatic carbocycles. The average molecular weight is 313 g/mol. The number of fused-ring (bicyclic) bond motifs is 2. The quantitative estimate of drug-likeness (QED) is 0.856. The van der Waals surface area contributed by atoms with Gasteiger partial charge >= 0.3 is 0 Å². The number of hydrogen-bond donors (Lipinski definition) is 0. The van der Waals surface area contributed by atoms with Crippen LogP contribution in [0, 0.1) is 11.7 Å². The van der Waals surface area contributed by atoms with Crippen molar-refractivity contribution in [2.24, 2.45) is 5.92 Å². The van der Waals surface area contributed by atoms with Gasteiger partial charge in [-0.15, -0.1) is 0 Å². The molecule has 0 N–H and O–H groups in total. The minimum absolute atomic E-state index is 0.0423. The second-order valence-corrected chi connectivity index (χ2v) is 5.95. The van der Waals surface area contributed by atoms with Gasteiger partial charge in [0.15, 0.2) is 0 Å². The highest BCUT2D eigenvalue weighted by molar-refractivity contribution is 9.10. The lowest BCUT2D eigenvalue weighted by atomic mass is 9.84. The third-order valence-electron chi connectivity index (χ3n) is 3.90. The van der Waals surface area contributed by atoms with Crippen molar-refractivity contribution < 1.29 is 13.9 Å². The Morgan fingerprint density at radius 2 is 2.28 bits per heavy atom. The Morgan fingerprint density at radius 1 is 1.44 bits per heavy atom. The van der Waals surface area contributed by atoms with Crippen LogP contribution < -0.4 is 0 Å². The summed E-state index contributed by atoms with van der Waals surface area (Å²) >= 11 is 3.30. The van der Waals surface area contributed by atoms with Gasteiger partial charge in [0.25, 0.3) is 0 Å². The van der Waals surface area contributed by atoms with Crippen molar-refractivity contribution in [3.63, 3.8) is 0 Å². The molecule has 18 heavy (non-hydrogen) atoms. The van der Waals surface area contributed by atoms with Gasteiger partial charge in [-0.25, -0.2) is 4.39 Å². The first-order valence-corrected chi connectivity index (χ1v) is 7.05. The van der Waals surface area contributed by atoms with Crippen molar-refractivity contribution in [2.45, 2.75) is 37.9 Å². The van der Waals surface area contributed by atoms with Gasteiger partial charge < -0.3 is 4.74 Å². The van der Waals surface area contributed by atoms with E-state index in [4.69, 9.17) is 4.74 Å². The number of Topliss-reactive ketones (excluding diaryl/α,β-unsaturated/α-hetero) is 1. The molecule has 3 unspecified atom stereocenters. The van der Waals surface area contributed by atoms with E-state index in [0.29, 0.717) is 17.0 Å². The van der Waals surface area contributed by atoms with E-state index in [1.54, 1.807) is 6.07 Å². The first-order valence-electron chi connectivity index (χ1n) is 6.25. The predicted octanol–water partition coefficient (Wildman–Crippen LogP) is 3.27. The van der Waals surface area contributed by atoms with E-state index in [1.807, 2.05) is 0 Å². The van der Waals surface area contributed by atoms with Crippen LogP contribution in [0.4, 0.5) is 4.39 Å². The molecule has 0 saturated carbocycles. The fraction of sp³-hybridized carbons (Fsp3) is 0.500. The molecule has 0 aromatic heterocycles. The summed E-state index contributed by atoms with van der Waals surface area (Å²) in [5, 5.41) is 0. The van der Waals surface area contributed by atoms with E-state index in [1.165, 1.54) is 12.1 Å². The zero-order chi connectivity index (χ0) is 12.7. The Kier molecular flexibility index (Phi) is 3.24. The molecule has 96 valence electrons. The summed E-state index contributed by atoms with van der Waals surface area (Å²) in [7, 11) is 0. The first kappa shape index (κ1) is 12.3. The Bertz CT molecular complexity index is 489. The maximum atomic E-state index is 13.0. The highest BCUT2D eigenvalue weighted by atomic mass is 79.9. The van der Waals surface area contributed by atoms with Crippen LogP contribution in [0.3, 0.4) is 0 Å². The van der Waals surface area contributed by atoms with E-state index in [2.05, 4.69) is 15.9 Å². The summed E-state index contributed by atoms with van der Waals surface area (Å²) in [6.45, 7) is 0. The lowest BCUT2D eigenvalue weighted by Gasteiger charge is -2.17. The molecule has 2 fully saturated rings. The molecule has 2 heterocycles. The van der Waals surface area contributed by atoms with Crippen molar-refractivity contribution in [1.29, 1.82) is 0 Å². The van der Waals surface area contributed by atoms with Gasteiger partial charge in [-0.3, -0.25) is 4.79 Å². The number of ketones is 1. The fourth-order valence-electron chi connectivity index (χ4n) is 2.96. The van der Waals surface area contributed by atoms with Crippen molar-refractivity contribution in [1.82, 2.24) is 0 Å². The summed E-state index contributed by atoms with van der Waals surface area (Å²) in [6, 6.07) is 4.47. The summed E-state index contributed by atoms with van der Waals surface area (Å²) in [4.78, 5) is 12.2. The van der Waals surface area contributed by atoms with Crippen LogP contribution in [0.5, 0.6) is 0 Å². The van der Waals surface area contributed by atoms with Crippen LogP contribution in [0.1, 0.15) is 24.8 Å². The number of carbonyl (C=O) groups excluding carboxylic acids is 1. The summed E-state index contributed by atoms with van der Waals surface area (Å²) in [5.41, 5.74) is 0.851. The molecule has 1 aromatic rings. The summed E-state index contributed by atoms with van der Waals surface area (Å²) in [6.07, 6.45) is 3.74. The van der Waals surface area contributed by atoms with Gasteiger partial charge in [-0.2, -0.15) is 0 Å². The zero-order valence-electron chi connectivity index (χ0n) is 9.86. The van der Waals surface area contributed by atoms with Gasteiger partial charge in [0, 0.05) is 16.8 Å². The SMILES string of the molecule is O=C(Cc1ccc(F)cc1Br)C1CC2CCC1O2. The molecule has 0 amide bonds. The minimum atomic E-state index is -0.290. The van der Waals surface area contributed by atoms with Crippen LogP contribution in [0.25, 0.3) is 0 Å².